The minimum atomic E-state index is -4.45. The van der Waals surface area contributed by atoms with Crippen LogP contribution in [0, 0.1) is 11.3 Å². The fraction of sp³-hybridized carbons (Fsp3) is 0.312. The largest absolute Gasteiger partial charge is 0.416 e. The third-order valence-corrected chi connectivity index (χ3v) is 3.76. The molecule has 0 bridgehead atoms. The number of aromatic nitrogens is 2. The van der Waals surface area contributed by atoms with Crippen molar-refractivity contribution >= 4 is 5.82 Å². The highest BCUT2D eigenvalue weighted by Crippen LogP contribution is 2.37. The number of anilines is 1. The molecule has 0 radical (unpaired) electrons. The highest BCUT2D eigenvalue weighted by Gasteiger charge is 2.36. The fourth-order valence-corrected chi connectivity index (χ4v) is 2.71. The number of ether oxygens (including phenoxy) is 1. The summed E-state index contributed by atoms with van der Waals surface area (Å²) in [5, 5.41) is 9.12. The summed E-state index contributed by atoms with van der Waals surface area (Å²) in [6, 6.07) is 7.31. The van der Waals surface area contributed by atoms with Crippen molar-refractivity contribution in [3.8, 4) is 6.07 Å². The van der Waals surface area contributed by atoms with E-state index in [1.54, 1.807) is 11.0 Å². The molecule has 0 saturated carbocycles. The highest BCUT2D eigenvalue weighted by atomic mass is 19.4. The van der Waals surface area contributed by atoms with Gasteiger partial charge in [0.2, 0.25) is 0 Å². The van der Waals surface area contributed by atoms with E-state index in [1.807, 2.05) is 6.07 Å². The average Bonchev–Trinajstić information content (AvgIpc) is 2.61. The second-order valence-corrected chi connectivity index (χ2v) is 5.23. The Labute approximate surface area is 136 Å². The van der Waals surface area contributed by atoms with E-state index in [0.29, 0.717) is 12.4 Å². The van der Waals surface area contributed by atoms with Gasteiger partial charge in [-0.05, 0) is 11.6 Å². The Morgan fingerprint density at radius 3 is 2.71 bits per heavy atom. The number of halogens is 3. The van der Waals surface area contributed by atoms with Gasteiger partial charge in [0.15, 0.2) is 11.5 Å². The molecule has 0 N–H and O–H groups in total. The molecule has 0 spiro atoms. The van der Waals surface area contributed by atoms with Crippen LogP contribution in [0.2, 0.25) is 0 Å². The molecule has 1 fully saturated rings. The number of hydrogen-bond acceptors (Lipinski definition) is 5. The molecule has 1 aromatic heterocycles. The van der Waals surface area contributed by atoms with Crippen molar-refractivity contribution in [2.75, 3.05) is 24.6 Å². The van der Waals surface area contributed by atoms with Crippen molar-refractivity contribution in [1.82, 2.24) is 9.97 Å². The van der Waals surface area contributed by atoms with Gasteiger partial charge in [-0.25, -0.2) is 9.97 Å². The lowest BCUT2D eigenvalue weighted by molar-refractivity contribution is -0.139. The topological polar surface area (TPSA) is 62.0 Å². The van der Waals surface area contributed by atoms with E-state index >= 15 is 0 Å². The number of nitriles is 1. The second kappa shape index (κ2) is 6.45. The van der Waals surface area contributed by atoms with Crippen molar-refractivity contribution in [2.24, 2.45) is 0 Å². The summed E-state index contributed by atoms with van der Waals surface area (Å²) >= 11 is 0. The van der Waals surface area contributed by atoms with Gasteiger partial charge in [-0.1, -0.05) is 18.2 Å². The molecule has 1 atom stereocenters. The molecule has 1 aromatic carbocycles. The lowest BCUT2D eigenvalue weighted by Gasteiger charge is -2.34. The van der Waals surface area contributed by atoms with Crippen LogP contribution in [0.25, 0.3) is 0 Å². The summed E-state index contributed by atoms with van der Waals surface area (Å²) in [6.45, 7) is 0.830. The van der Waals surface area contributed by atoms with Gasteiger partial charge in [0.25, 0.3) is 0 Å². The fourth-order valence-electron chi connectivity index (χ4n) is 2.71. The van der Waals surface area contributed by atoms with Gasteiger partial charge < -0.3 is 9.64 Å². The number of nitrogens with zero attached hydrogens (tertiary/aromatic N) is 4. The Kier molecular flexibility index (Phi) is 4.36. The van der Waals surface area contributed by atoms with E-state index < -0.39 is 17.8 Å². The number of benzene rings is 1. The molecular weight excluding hydrogens is 321 g/mol. The first kappa shape index (κ1) is 16.2. The van der Waals surface area contributed by atoms with Gasteiger partial charge in [-0.3, -0.25) is 0 Å². The van der Waals surface area contributed by atoms with E-state index in [9.17, 15) is 13.2 Å². The molecule has 8 heteroatoms. The van der Waals surface area contributed by atoms with Crippen molar-refractivity contribution in [2.45, 2.75) is 12.3 Å². The molecule has 2 aromatic rings. The van der Waals surface area contributed by atoms with Crippen molar-refractivity contribution in [1.29, 1.82) is 5.26 Å². The van der Waals surface area contributed by atoms with Crippen LogP contribution in [0.1, 0.15) is 22.9 Å². The Bertz CT molecular complexity index is 772. The van der Waals surface area contributed by atoms with E-state index in [-0.39, 0.29) is 24.4 Å². The van der Waals surface area contributed by atoms with Crippen LogP contribution in [-0.2, 0) is 10.9 Å². The second-order valence-electron chi connectivity index (χ2n) is 5.23. The first-order chi connectivity index (χ1) is 11.5. The van der Waals surface area contributed by atoms with Crippen molar-refractivity contribution < 1.29 is 17.9 Å². The van der Waals surface area contributed by atoms with Crippen LogP contribution in [0.15, 0.2) is 36.7 Å². The summed E-state index contributed by atoms with van der Waals surface area (Å²) in [7, 11) is 0. The molecule has 1 aliphatic rings. The van der Waals surface area contributed by atoms with E-state index in [1.165, 1.54) is 24.5 Å². The van der Waals surface area contributed by atoms with Gasteiger partial charge in [0.1, 0.15) is 12.2 Å². The number of rotatable bonds is 2. The summed E-state index contributed by atoms with van der Waals surface area (Å²) in [6.07, 6.45) is -2.36. The average molecular weight is 334 g/mol. The molecule has 1 aliphatic heterocycles. The van der Waals surface area contributed by atoms with Crippen molar-refractivity contribution in [3.63, 3.8) is 0 Å². The standard InChI is InChI=1S/C16H13F3N4O/c17-16(18,19)12-4-2-1-3-11(12)14-10-23(7-8-24-14)15-13(9-20)21-5-6-22-15/h1-6,14H,7-8,10H2. The monoisotopic (exact) mass is 334 g/mol. The zero-order valence-electron chi connectivity index (χ0n) is 12.5. The summed E-state index contributed by atoms with van der Waals surface area (Å²) in [4.78, 5) is 9.81. The van der Waals surface area contributed by atoms with Crippen LogP contribution >= 0.6 is 0 Å². The van der Waals surface area contributed by atoms with Crippen LogP contribution in [0.4, 0.5) is 19.0 Å². The van der Waals surface area contributed by atoms with Crippen molar-refractivity contribution in [3.05, 3.63) is 53.5 Å². The Morgan fingerprint density at radius 2 is 1.96 bits per heavy atom. The number of morpholine rings is 1. The minimum absolute atomic E-state index is 0.0806. The Hall–Kier alpha value is -2.66. The third-order valence-electron chi connectivity index (χ3n) is 3.76. The lowest BCUT2D eigenvalue weighted by atomic mass is 10.0. The normalized spacial score (nSPS) is 18.2. The predicted octanol–water partition coefficient (Wildman–Crippen LogP) is 2.94. The summed E-state index contributed by atoms with van der Waals surface area (Å²) < 4.78 is 45.2. The first-order valence-electron chi connectivity index (χ1n) is 7.24. The molecule has 124 valence electrons. The zero-order valence-corrected chi connectivity index (χ0v) is 12.5. The Morgan fingerprint density at radius 1 is 1.21 bits per heavy atom. The van der Waals surface area contributed by atoms with Crippen LogP contribution in [0.5, 0.6) is 0 Å². The van der Waals surface area contributed by atoms with Gasteiger partial charge in [-0.15, -0.1) is 0 Å². The summed E-state index contributed by atoms with van der Waals surface area (Å²) in [5.74, 6) is 0.359. The third kappa shape index (κ3) is 3.16. The van der Waals surface area contributed by atoms with Gasteiger partial charge in [0.05, 0.1) is 12.2 Å². The molecule has 3 rings (SSSR count). The highest BCUT2D eigenvalue weighted by molar-refractivity contribution is 5.50. The zero-order chi connectivity index (χ0) is 17.2. The molecule has 2 heterocycles. The molecule has 5 nitrogen and oxygen atoms in total. The maximum atomic E-state index is 13.2. The quantitative estimate of drug-likeness (QED) is 0.845. The first-order valence-corrected chi connectivity index (χ1v) is 7.24. The van der Waals surface area contributed by atoms with E-state index in [0.717, 1.165) is 6.07 Å². The summed E-state index contributed by atoms with van der Waals surface area (Å²) in [5.41, 5.74) is -0.490. The lowest BCUT2D eigenvalue weighted by Crippen LogP contribution is -2.40. The maximum absolute atomic E-state index is 13.2. The van der Waals surface area contributed by atoms with Gasteiger partial charge >= 0.3 is 6.18 Å². The van der Waals surface area contributed by atoms with Gasteiger partial charge in [-0.2, -0.15) is 18.4 Å². The smallest absolute Gasteiger partial charge is 0.370 e. The minimum Gasteiger partial charge on any atom is -0.370 e. The van der Waals surface area contributed by atoms with E-state index in [2.05, 4.69) is 9.97 Å². The van der Waals surface area contributed by atoms with E-state index in [4.69, 9.17) is 10.00 Å². The molecule has 1 saturated heterocycles. The van der Waals surface area contributed by atoms with Crippen LogP contribution in [0.3, 0.4) is 0 Å². The number of hydrogen-bond donors (Lipinski definition) is 0. The van der Waals surface area contributed by atoms with Crippen LogP contribution < -0.4 is 4.90 Å². The molecule has 0 aliphatic carbocycles. The molecule has 1 unspecified atom stereocenters. The maximum Gasteiger partial charge on any atom is 0.416 e. The number of alkyl halides is 3. The molecule has 24 heavy (non-hydrogen) atoms. The van der Waals surface area contributed by atoms with Crippen LogP contribution in [-0.4, -0.2) is 29.7 Å². The predicted molar refractivity (Wildman–Crippen MR) is 79.1 cm³/mol. The van der Waals surface area contributed by atoms with Gasteiger partial charge in [0, 0.05) is 25.5 Å². The SMILES string of the molecule is N#Cc1nccnc1N1CCOC(c2ccccc2C(F)(F)F)C1. The molecule has 0 amide bonds. The molecular formula is C16H13F3N4O. The Balaban J connectivity index is 1.91.